The Labute approximate surface area is 168 Å². The highest BCUT2D eigenvalue weighted by atomic mass is 32.2. The van der Waals surface area contributed by atoms with Crippen molar-refractivity contribution >= 4 is 16.7 Å². The predicted molar refractivity (Wildman–Crippen MR) is 114 cm³/mol. The number of rotatable bonds is 7. The number of hydrogen-bond acceptors (Lipinski definition) is 3. The largest absolute Gasteiger partial charge is 0.349 e. The molecule has 2 unspecified atom stereocenters. The van der Waals surface area contributed by atoms with E-state index in [4.69, 9.17) is 5.10 Å². The van der Waals surface area contributed by atoms with Gasteiger partial charge in [-0.25, -0.2) is 4.68 Å². The Balaban J connectivity index is 1.93. The van der Waals surface area contributed by atoms with Crippen LogP contribution in [0.2, 0.25) is 0 Å². The number of benzene rings is 2. The number of amides is 1. The monoisotopic (exact) mass is 395 g/mol. The summed E-state index contributed by atoms with van der Waals surface area (Å²) in [5.74, 6) is 0.391. The fourth-order valence-electron chi connectivity index (χ4n) is 2.90. The molecule has 3 rings (SSSR count). The van der Waals surface area contributed by atoms with Gasteiger partial charge in [0.25, 0.3) is 5.91 Å². The van der Waals surface area contributed by atoms with E-state index in [-0.39, 0.29) is 11.9 Å². The molecule has 0 aliphatic heterocycles. The smallest absolute Gasteiger partial charge is 0.255 e. The minimum Gasteiger partial charge on any atom is -0.349 e. The lowest BCUT2D eigenvalue weighted by molar-refractivity contribution is 0.0940. The van der Waals surface area contributed by atoms with Crippen LogP contribution in [0.25, 0.3) is 16.9 Å². The van der Waals surface area contributed by atoms with Gasteiger partial charge in [0.2, 0.25) is 0 Å². The second kappa shape index (κ2) is 8.97. The van der Waals surface area contributed by atoms with Crippen molar-refractivity contribution in [3.8, 4) is 16.9 Å². The number of nitrogens with zero attached hydrogens (tertiary/aromatic N) is 2. The third-order valence-electron chi connectivity index (χ3n) is 4.52. The Kier molecular flexibility index (Phi) is 6.41. The van der Waals surface area contributed by atoms with Gasteiger partial charge in [-0.2, -0.15) is 5.10 Å². The number of hydrogen-bond donors (Lipinski definition) is 1. The van der Waals surface area contributed by atoms with E-state index in [1.807, 2.05) is 68.4 Å². The average molecular weight is 396 g/mol. The lowest BCUT2D eigenvalue weighted by Crippen LogP contribution is -2.33. The maximum atomic E-state index is 13.0. The number of aromatic nitrogens is 2. The van der Waals surface area contributed by atoms with E-state index >= 15 is 0 Å². The van der Waals surface area contributed by atoms with Crippen molar-refractivity contribution in [1.29, 1.82) is 0 Å². The molecule has 0 bridgehead atoms. The van der Waals surface area contributed by atoms with Crippen molar-refractivity contribution in [2.45, 2.75) is 26.3 Å². The molecule has 28 heavy (non-hydrogen) atoms. The number of nitrogens with one attached hydrogen (secondary N) is 1. The maximum Gasteiger partial charge on any atom is 0.255 e. The van der Waals surface area contributed by atoms with Crippen LogP contribution in [-0.2, 0) is 10.8 Å². The Bertz CT molecular complexity index is 965. The molecular weight excluding hydrogens is 370 g/mol. The van der Waals surface area contributed by atoms with Crippen molar-refractivity contribution < 1.29 is 9.00 Å². The minimum atomic E-state index is -0.870. The molecule has 2 aromatic carbocycles. The minimum absolute atomic E-state index is 0.0669. The number of aryl methyl sites for hydroxylation is 1. The van der Waals surface area contributed by atoms with Crippen molar-refractivity contribution in [1.82, 2.24) is 15.1 Å². The van der Waals surface area contributed by atoms with Crippen LogP contribution in [0.4, 0.5) is 0 Å². The lowest BCUT2D eigenvalue weighted by atomic mass is 10.1. The van der Waals surface area contributed by atoms with Gasteiger partial charge in [-0.3, -0.25) is 9.00 Å². The highest BCUT2D eigenvalue weighted by Gasteiger charge is 2.20. The molecule has 2 atom stereocenters. The molecular formula is C22H25N3O2S. The van der Waals surface area contributed by atoms with Crippen molar-refractivity contribution in [3.63, 3.8) is 0 Å². The first-order valence-electron chi connectivity index (χ1n) is 9.27. The summed E-state index contributed by atoms with van der Waals surface area (Å²) >= 11 is 0. The van der Waals surface area contributed by atoms with E-state index in [1.54, 1.807) is 17.1 Å². The van der Waals surface area contributed by atoms with E-state index in [1.165, 1.54) is 5.56 Å². The maximum absolute atomic E-state index is 13.0. The zero-order valence-corrected chi connectivity index (χ0v) is 17.2. The van der Waals surface area contributed by atoms with Crippen LogP contribution >= 0.6 is 0 Å². The second-order valence-electron chi connectivity index (χ2n) is 6.98. The molecule has 1 heterocycles. The summed E-state index contributed by atoms with van der Waals surface area (Å²) in [6.07, 6.45) is 4.11. The van der Waals surface area contributed by atoms with E-state index < -0.39 is 10.8 Å². The normalized spacial score (nSPS) is 13.1. The summed E-state index contributed by atoms with van der Waals surface area (Å²) < 4.78 is 13.1. The van der Waals surface area contributed by atoms with Crippen molar-refractivity contribution in [3.05, 3.63) is 71.9 Å². The van der Waals surface area contributed by atoms with Gasteiger partial charge < -0.3 is 5.32 Å². The first kappa shape index (κ1) is 20.0. The van der Waals surface area contributed by atoms with E-state index in [0.717, 1.165) is 11.3 Å². The molecule has 0 saturated heterocycles. The third-order valence-corrected chi connectivity index (χ3v) is 5.33. The molecule has 3 aromatic rings. The summed E-state index contributed by atoms with van der Waals surface area (Å²) in [5.41, 5.74) is 4.12. The number of carbonyl (C=O) groups is 1. The van der Waals surface area contributed by atoms with Gasteiger partial charge in [0.1, 0.15) is 5.69 Å². The predicted octanol–water partition coefficient (Wildman–Crippen LogP) is 3.73. The molecule has 6 heteroatoms. The van der Waals surface area contributed by atoms with Gasteiger partial charge in [-0.1, -0.05) is 48.0 Å². The Morgan fingerprint density at radius 2 is 1.82 bits per heavy atom. The van der Waals surface area contributed by atoms with Crippen LogP contribution in [0.15, 0.2) is 60.8 Å². The summed E-state index contributed by atoms with van der Waals surface area (Å²) in [6.45, 7) is 3.96. The average Bonchev–Trinajstić information content (AvgIpc) is 3.13. The van der Waals surface area contributed by atoms with Gasteiger partial charge in [0, 0.05) is 40.6 Å². The topological polar surface area (TPSA) is 64.0 Å². The molecule has 1 N–H and O–H groups in total. The van der Waals surface area contributed by atoms with Crippen LogP contribution in [0.1, 0.15) is 29.3 Å². The fourth-order valence-corrected chi connectivity index (χ4v) is 3.58. The van der Waals surface area contributed by atoms with Gasteiger partial charge >= 0.3 is 0 Å². The molecule has 1 amide bonds. The van der Waals surface area contributed by atoms with Crippen LogP contribution in [-0.4, -0.2) is 37.9 Å². The Hall–Kier alpha value is -2.73. The summed E-state index contributed by atoms with van der Waals surface area (Å²) in [6, 6.07) is 17.6. The highest BCUT2D eigenvalue weighted by Crippen LogP contribution is 2.24. The van der Waals surface area contributed by atoms with Gasteiger partial charge in [-0.15, -0.1) is 0 Å². The quantitative estimate of drug-likeness (QED) is 0.663. The van der Waals surface area contributed by atoms with E-state index in [9.17, 15) is 9.00 Å². The SMILES string of the molecule is Cc1ccc(-n2cc(C(=O)NC(C)CCS(C)=O)c(-c3ccccc3)n2)cc1. The summed E-state index contributed by atoms with van der Waals surface area (Å²) in [5, 5.41) is 7.70. The van der Waals surface area contributed by atoms with Crippen molar-refractivity contribution in [2.24, 2.45) is 0 Å². The van der Waals surface area contributed by atoms with Gasteiger partial charge in [-0.05, 0) is 32.4 Å². The fraction of sp³-hybridized carbons (Fsp3) is 0.273. The van der Waals surface area contributed by atoms with E-state index in [2.05, 4.69) is 5.32 Å². The lowest BCUT2D eigenvalue weighted by Gasteiger charge is -2.13. The Morgan fingerprint density at radius 1 is 1.14 bits per heavy atom. The zero-order chi connectivity index (χ0) is 20.1. The van der Waals surface area contributed by atoms with Gasteiger partial charge in [0.15, 0.2) is 0 Å². The van der Waals surface area contributed by atoms with Crippen LogP contribution in [0, 0.1) is 6.92 Å². The Morgan fingerprint density at radius 3 is 2.46 bits per heavy atom. The van der Waals surface area contributed by atoms with Crippen molar-refractivity contribution in [2.75, 3.05) is 12.0 Å². The first-order valence-corrected chi connectivity index (χ1v) is 11.0. The molecule has 0 aliphatic carbocycles. The molecule has 146 valence electrons. The van der Waals surface area contributed by atoms with Crippen LogP contribution < -0.4 is 5.32 Å². The summed E-state index contributed by atoms with van der Waals surface area (Å²) in [4.78, 5) is 13.0. The van der Waals surface area contributed by atoms with Gasteiger partial charge in [0.05, 0.1) is 11.3 Å². The molecule has 0 aliphatic rings. The second-order valence-corrected chi connectivity index (χ2v) is 8.53. The first-order chi connectivity index (χ1) is 13.4. The molecule has 1 aromatic heterocycles. The number of carbonyl (C=O) groups excluding carboxylic acids is 1. The molecule has 0 fully saturated rings. The third kappa shape index (κ3) is 4.95. The molecule has 0 saturated carbocycles. The molecule has 0 spiro atoms. The van der Waals surface area contributed by atoms with E-state index in [0.29, 0.717) is 23.4 Å². The standard InChI is InChI=1S/C22H25N3O2S/c1-16-9-11-19(12-10-16)25-15-20(21(24-25)18-7-5-4-6-8-18)22(26)23-17(2)13-14-28(3)27/h4-12,15,17H,13-14H2,1-3H3,(H,23,26). The molecule has 5 nitrogen and oxygen atoms in total. The summed E-state index contributed by atoms with van der Waals surface area (Å²) in [7, 11) is -0.870. The zero-order valence-electron chi connectivity index (χ0n) is 16.4. The molecule has 0 radical (unpaired) electrons. The van der Waals surface area contributed by atoms with Crippen LogP contribution in [0.5, 0.6) is 0 Å². The van der Waals surface area contributed by atoms with Crippen LogP contribution in [0.3, 0.4) is 0 Å². The highest BCUT2D eigenvalue weighted by molar-refractivity contribution is 7.84.